The molecule has 4 heterocycles. The van der Waals surface area contributed by atoms with Crippen molar-refractivity contribution in [1.82, 2.24) is 14.8 Å². The molecule has 0 fully saturated rings. The zero-order chi connectivity index (χ0) is 24.4. The first-order chi connectivity index (χ1) is 17.0. The predicted octanol–water partition coefficient (Wildman–Crippen LogP) is 3.63. The summed E-state index contributed by atoms with van der Waals surface area (Å²) in [5.74, 6) is 1.86. The molecule has 9 heteroatoms. The van der Waals surface area contributed by atoms with E-state index >= 15 is 0 Å². The van der Waals surface area contributed by atoms with Crippen LogP contribution in [0.4, 0.5) is 5.82 Å². The maximum Gasteiger partial charge on any atom is 0.303 e. The molecule has 0 amide bonds. The average molecular weight is 479 g/mol. The van der Waals surface area contributed by atoms with Crippen LogP contribution in [-0.4, -0.2) is 45.8 Å². The molecule has 0 spiro atoms. The minimum absolute atomic E-state index is 0.0101. The number of anilines is 1. The quantitative estimate of drug-likeness (QED) is 0.480. The number of aryl methyl sites for hydroxylation is 2. The molecule has 3 aromatic rings. The van der Waals surface area contributed by atoms with Gasteiger partial charge in [-0.2, -0.15) is 5.10 Å². The third-order valence-corrected chi connectivity index (χ3v) is 6.54. The van der Waals surface area contributed by atoms with Gasteiger partial charge in [-0.05, 0) is 61.1 Å². The van der Waals surface area contributed by atoms with E-state index in [1.807, 2.05) is 31.3 Å². The molecule has 2 N–H and O–H groups in total. The van der Waals surface area contributed by atoms with Gasteiger partial charge in [0.05, 0.1) is 18.7 Å². The number of aliphatic carboxylic acids is 1. The van der Waals surface area contributed by atoms with E-state index in [9.17, 15) is 9.90 Å². The third kappa shape index (κ3) is 5.18. The number of nitrogens with one attached hydrogen (secondary N) is 1. The maximum atomic E-state index is 11.6. The number of nitrogens with zero attached hydrogens (tertiary/aromatic N) is 3. The molecule has 0 saturated carbocycles. The number of hydrogen-bond acceptors (Lipinski definition) is 7. The van der Waals surface area contributed by atoms with Gasteiger partial charge in [0, 0.05) is 37.7 Å². The summed E-state index contributed by atoms with van der Waals surface area (Å²) >= 11 is 0. The van der Waals surface area contributed by atoms with E-state index in [2.05, 4.69) is 23.4 Å². The Morgan fingerprint density at radius 2 is 2.09 bits per heavy atom. The number of aromatic nitrogens is 3. The Kier molecular flexibility index (Phi) is 6.48. The molecule has 184 valence electrons. The molecule has 0 aliphatic carbocycles. The van der Waals surface area contributed by atoms with Crippen LogP contribution < -0.4 is 19.5 Å². The molecule has 35 heavy (non-hydrogen) atoms. The Bertz CT molecular complexity index is 1240. The summed E-state index contributed by atoms with van der Waals surface area (Å²) in [7, 11) is 1.83. The van der Waals surface area contributed by atoms with Crippen LogP contribution in [0.5, 0.6) is 17.4 Å². The molecule has 1 atom stereocenters. The van der Waals surface area contributed by atoms with Gasteiger partial charge in [0.2, 0.25) is 12.7 Å². The molecule has 2 aliphatic rings. The Labute approximate surface area is 204 Å². The lowest BCUT2D eigenvalue weighted by molar-refractivity contribution is -0.137. The van der Waals surface area contributed by atoms with E-state index in [1.54, 1.807) is 4.68 Å². The smallest absolute Gasteiger partial charge is 0.303 e. The lowest BCUT2D eigenvalue weighted by Gasteiger charge is -2.20. The van der Waals surface area contributed by atoms with Gasteiger partial charge in [0.1, 0.15) is 5.82 Å². The van der Waals surface area contributed by atoms with Gasteiger partial charge < -0.3 is 24.6 Å². The lowest BCUT2D eigenvalue weighted by Crippen LogP contribution is -2.16. The summed E-state index contributed by atoms with van der Waals surface area (Å²) in [5, 5.41) is 17.4. The second-order valence-corrected chi connectivity index (χ2v) is 9.10. The number of carboxylic acids is 1. The molecule has 0 radical (unpaired) electrons. The minimum atomic E-state index is -0.859. The van der Waals surface area contributed by atoms with Gasteiger partial charge in [-0.3, -0.25) is 4.79 Å². The van der Waals surface area contributed by atoms with Crippen molar-refractivity contribution in [2.45, 2.75) is 44.9 Å². The molecule has 1 aromatic carbocycles. The molecule has 5 rings (SSSR count). The third-order valence-electron chi connectivity index (χ3n) is 6.54. The molecular weight excluding hydrogens is 448 g/mol. The highest BCUT2D eigenvalue weighted by molar-refractivity contribution is 5.68. The summed E-state index contributed by atoms with van der Waals surface area (Å²) in [5.41, 5.74) is 5.25. The van der Waals surface area contributed by atoms with E-state index in [-0.39, 0.29) is 19.1 Å². The van der Waals surface area contributed by atoms with Crippen molar-refractivity contribution in [3.05, 3.63) is 58.4 Å². The number of fused-ring (bicyclic) bond motifs is 2. The van der Waals surface area contributed by atoms with E-state index < -0.39 is 5.97 Å². The van der Waals surface area contributed by atoms with Crippen LogP contribution in [0.15, 0.2) is 30.3 Å². The van der Waals surface area contributed by atoms with Crippen molar-refractivity contribution in [2.24, 2.45) is 7.05 Å². The van der Waals surface area contributed by atoms with Gasteiger partial charge in [0.15, 0.2) is 11.5 Å². The van der Waals surface area contributed by atoms with Crippen molar-refractivity contribution < 1.29 is 24.1 Å². The highest BCUT2D eigenvalue weighted by Gasteiger charge is 2.22. The topological polar surface area (TPSA) is 108 Å². The zero-order valence-electron chi connectivity index (χ0n) is 20.0. The van der Waals surface area contributed by atoms with Crippen molar-refractivity contribution in [1.29, 1.82) is 0 Å². The van der Waals surface area contributed by atoms with E-state index in [0.717, 1.165) is 42.2 Å². The first-order valence-electron chi connectivity index (χ1n) is 12.0. The first-order valence-corrected chi connectivity index (χ1v) is 12.0. The van der Waals surface area contributed by atoms with Crippen molar-refractivity contribution in [3.63, 3.8) is 0 Å². The maximum absolute atomic E-state index is 11.6. The van der Waals surface area contributed by atoms with Crippen LogP contribution in [0.25, 0.3) is 0 Å². The predicted molar refractivity (Wildman–Crippen MR) is 129 cm³/mol. The number of carboxylic acid groups (broad SMARTS) is 1. The molecule has 2 aromatic heterocycles. The number of benzene rings is 1. The molecular formula is C26H30N4O5. The standard InChI is InChI=1S/C26H30N4O5/c1-16-10-19(28-26-21(16)4-3-8-27-26)7-9-33-24-14-20(29-30(24)2)11-18(13-25(31)32)17-5-6-22-23(12-17)35-15-34-22/h5-6,10,12,14,18H,3-4,7-9,11,13,15H2,1-2H3,(H,27,28)(H,31,32). The molecule has 0 saturated heterocycles. The van der Waals surface area contributed by atoms with Crippen molar-refractivity contribution in [3.8, 4) is 17.4 Å². The van der Waals surface area contributed by atoms with Crippen LogP contribution >= 0.6 is 0 Å². The highest BCUT2D eigenvalue weighted by atomic mass is 16.7. The number of rotatable bonds is 9. The van der Waals surface area contributed by atoms with Crippen LogP contribution in [0, 0.1) is 6.92 Å². The molecule has 9 nitrogen and oxygen atoms in total. The Hall–Kier alpha value is -3.75. The van der Waals surface area contributed by atoms with Crippen molar-refractivity contribution >= 4 is 11.8 Å². The Morgan fingerprint density at radius 3 is 2.94 bits per heavy atom. The van der Waals surface area contributed by atoms with Crippen LogP contribution in [0.2, 0.25) is 0 Å². The number of hydrogen-bond donors (Lipinski definition) is 2. The zero-order valence-corrected chi connectivity index (χ0v) is 20.0. The molecule has 0 bridgehead atoms. The van der Waals surface area contributed by atoms with E-state index in [4.69, 9.17) is 19.2 Å². The fourth-order valence-electron chi connectivity index (χ4n) is 4.77. The second kappa shape index (κ2) is 9.85. The summed E-state index contributed by atoms with van der Waals surface area (Å²) in [6.45, 7) is 3.76. The molecule has 1 unspecified atom stereocenters. The average Bonchev–Trinajstić information content (AvgIpc) is 3.44. The lowest BCUT2D eigenvalue weighted by atomic mass is 9.91. The van der Waals surface area contributed by atoms with Crippen LogP contribution in [0.1, 0.15) is 46.8 Å². The van der Waals surface area contributed by atoms with Gasteiger partial charge in [-0.25, -0.2) is 9.67 Å². The summed E-state index contributed by atoms with van der Waals surface area (Å²) in [6.07, 6.45) is 3.37. The summed E-state index contributed by atoms with van der Waals surface area (Å²) < 4.78 is 18.6. The Morgan fingerprint density at radius 1 is 1.23 bits per heavy atom. The second-order valence-electron chi connectivity index (χ2n) is 9.10. The molecule has 2 aliphatic heterocycles. The number of carbonyl (C=O) groups is 1. The Balaban J connectivity index is 1.24. The monoisotopic (exact) mass is 478 g/mol. The summed E-state index contributed by atoms with van der Waals surface area (Å²) in [4.78, 5) is 16.3. The number of pyridine rings is 1. The fraction of sp³-hybridized carbons (Fsp3) is 0.423. The van der Waals surface area contributed by atoms with Crippen LogP contribution in [-0.2, 0) is 31.1 Å². The summed E-state index contributed by atoms with van der Waals surface area (Å²) in [6, 6.07) is 9.61. The fourth-order valence-corrected chi connectivity index (χ4v) is 4.77. The van der Waals surface area contributed by atoms with Gasteiger partial charge >= 0.3 is 5.97 Å². The van der Waals surface area contributed by atoms with E-state index in [0.29, 0.717) is 36.8 Å². The van der Waals surface area contributed by atoms with Crippen molar-refractivity contribution in [2.75, 3.05) is 25.3 Å². The van der Waals surface area contributed by atoms with Gasteiger partial charge in [-0.1, -0.05) is 6.07 Å². The number of ether oxygens (including phenoxy) is 3. The van der Waals surface area contributed by atoms with E-state index in [1.165, 1.54) is 11.1 Å². The largest absolute Gasteiger partial charge is 0.481 e. The first kappa shape index (κ1) is 23.0. The van der Waals surface area contributed by atoms with Gasteiger partial charge in [-0.15, -0.1) is 0 Å². The minimum Gasteiger partial charge on any atom is -0.481 e. The SMILES string of the molecule is Cc1cc(CCOc2cc(CC(CC(=O)O)c3ccc4c(c3)OCO4)nn2C)nc2c1CCCN2. The normalized spacial score (nSPS) is 14.8. The highest BCUT2D eigenvalue weighted by Crippen LogP contribution is 2.36. The van der Waals surface area contributed by atoms with Crippen LogP contribution in [0.3, 0.4) is 0 Å². The van der Waals surface area contributed by atoms with Gasteiger partial charge in [0.25, 0.3) is 0 Å².